The lowest BCUT2D eigenvalue weighted by Gasteiger charge is -2.21. The van der Waals surface area contributed by atoms with E-state index < -0.39 is 10.0 Å². The van der Waals surface area contributed by atoms with Crippen LogP contribution in [0, 0.1) is 20.8 Å². The van der Waals surface area contributed by atoms with Gasteiger partial charge in [-0.1, -0.05) is 24.1 Å². The van der Waals surface area contributed by atoms with Crippen molar-refractivity contribution in [2.45, 2.75) is 57.1 Å². The molecule has 1 N–H and O–H groups in total. The minimum absolute atomic E-state index is 0.172. The van der Waals surface area contributed by atoms with Gasteiger partial charge in [0.2, 0.25) is 15.9 Å². The molecule has 2 aromatic rings. The van der Waals surface area contributed by atoms with E-state index in [4.69, 9.17) is 4.52 Å². The van der Waals surface area contributed by atoms with Gasteiger partial charge in [-0.15, -0.1) is 11.8 Å². The number of nitrogens with zero attached hydrogens (tertiary/aromatic N) is 2. The minimum Gasteiger partial charge on any atom is -0.361 e. The SMILES string of the molecule is Cc1ccc(NC(=O)CSCc2c(C)noc2C)cc1S(=O)(=O)N1CCCCCC1. The second kappa shape index (κ2) is 9.98. The first-order valence-corrected chi connectivity index (χ1v) is 12.8. The Hall–Kier alpha value is -1.84. The third-order valence-corrected chi connectivity index (χ3v) is 8.32. The third-order valence-electron chi connectivity index (χ3n) is 5.32. The summed E-state index contributed by atoms with van der Waals surface area (Å²) in [6.07, 6.45) is 3.90. The summed E-state index contributed by atoms with van der Waals surface area (Å²) in [5, 5.41) is 6.74. The van der Waals surface area contributed by atoms with E-state index in [2.05, 4.69) is 10.5 Å². The van der Waals surface area contributed by atoms with Crippen LogP contribution in [0.25, 0.3) is 0 Å². The normalized spacial score (nSPS) is 15.7. The van der Waals surface area contributed by atoms with E-state index >= 15 is 0 Å². The molecule has 1 amide bonds. The van der Waals surface area contributed by atoms with Crippen molar-refractivity contribution in [1.82, 2.24) is 9.46 Å². The van der Waals surface area contributed by atoms with Crippen molar-refractivity contribution < 1.29 is 17.7 Å². The van der Waals surface area contributed by atoms with Crippen LogP contribution in [-0.4, -0.2) is 42.6 Å². The fourth-order valence-electron chi connectivity index (χ4n) is 3.53. The summed E-state index contributed by atoms with van der Waals surface area (Å²) < 4.78 is 33.0. The highest BCUT2D eigenvalue weighted by atomic mass is 32.2. The van der Waals surface area contributed by atoms with E-state index in [0.717, 1.165) is 42.7 Å². The molecule has 0 saturated carbocycles. The van der Waals surface area contributed by atoms with Crippen molar-refractivity contribution in [3.63, 3.8) is 0 Å². The van der Waals surface area contributed by atoms with Gasteiger partial charge in [0, 0.05) is 30.1 Å². The van der Waals surface area contributed by atoms with E-state index in [1.54, 1.807) is 29.4 Å². The lowest BCUT2D eigenvalue weighted by molar-refractivity contribution is -0.113. The van der Waals surface area contributed by atoms with Crippen LogP contribution in [0.5, 0.6) is 0 Å². The molecule has 0 spiro atoms. The molecular formula is C21H29N3O4S2. The zero-order chi connectivity index (χ0) is 21.7. The molecule has 7 nitrogen and oxygen atoms in total. The van der Waals surface area contributed by atoms with Crippen molar-refractivity contribution in [3.05, 3.63) is 40.8 Å². The number of nitrogens with one attached hydrogen (secondary N) is 1. The average Bonchev–Trinajstić information content (AvgIpc) is 2.91. The Morgan fingerprint density at radius 1 is 1.17 bits per heavy atom. The molecule has 0 bridgehead atoms. The average molecular weight is 452 g/mol. The summed E-state index contributed by atoms with van der Waals surface area (Å²) in [5.74, 6) is 1.49. The maximum atomic E-state index is 13.2. The van der Waals surface area contributed by atoms with Gasteiger partial charge in [0.1, 0.15) is 5.76 Å². The molecule has 0 unspecified atom stereocenters. The van der Waals surface area contributed by atoms with Crippen LogP contribution in [-0.2, 0) is 20.6 Å². The maximum Gasteiger partial charge on any atom is 0.243 e. The Balaban J connectivity index is 1.65. The number of rotatable bonds is 7. The van der Waals surface area contributed by atoms with Gasteiger partial charge in [0.25, 0.3) is 0 Å². The molecule has 30 heavy (non-hydrogen) atoms. The van der Waals surface area contributed by atoms with Crippen LogP contribution in [0.2, 0.25) is 0 Å². The summed E-state index contributed by atoms with van der Waals surface area (Å²) in [7, 11) is -3.57. The van der Waals surface area contributed by atoms with Crippen LogP contribution in [0.4, 0.5) is 5.69 Å². The first kappa shape index (κ1) is 22.8. The van der Waals surface area contributed by atoms with Crippen molar-refractivity contribution in [1.29, 1.82) is 0 Å². The number of hydrogen-bond acceptors (Lipinski definition) is 6. The van der Waals surface area contributed by atoms with Crippen molar-refractivity contribution in [2.24, 2.45) is 0 Å². The molecular weight excluding hydrogens is 422 g/mol. The second-order valence-corrected chi connectivity index (χ2v) is 10.5. The molecule has 0 atom stereocenters. The van der Waals surface area contributed by atoms with Crippen LogP contribution < -0.4 is 5.32 Å². The molecule has 1 fully saturated rings. The number of benzene rings is 1. The lowest BCUT2D eigenvalue weighted by Crippen LogP contribution is -2.32. The minimum atomic E-state index is -3.57. The number of hydrogen-bond donors (Lipinski definition) is 1. The third kappa shape index (κ3) is 5.44. The van der Waals surface area contributed by atoms with Gasteiger partial charge >= 0.3 is 0 Å². The quantitative estimate of drug-likeness (QED) is 0.683. The molecule has 1 aromatic carbocycles. The molecule has 1 aromatic heterocycles. The lowest BCUT2D eigenvalue weighted by atomic mass is 10.2. The predicted molar refractivity (Wildman–Crippen MR) is 119 cm³/mol. The Morgan fingerprint density at radius 2 is 1.87 bits per heavy atom. The number of aromatic nitrogens is 1. The van der Waals surface area contributed by atoms with Crippen molar-refractivity contribution in [3.8, 4) is 0 Å². The topological polar surface area (TPSA) is 92.5 Å². The largest absolute Gasteiger partial charge is 0.361 e. The second-order valence-electron chi connectivity index (χ2n) is 7.64. The summed E-state index contributed by atoms with van der Waals surface area (Å²) >= 11 is 1.47. The smallest absolute Gasteiger partial charge is 0.243 e. The van der Waals surface area contributed by atoms with E-state index in [1.807, 2.05) is 13.8 Å². The molecule has 1 aliphatic rings. The predicted octanol–water partition coefficient (Wildman–Crippen LogP) is 4.04. The van der Waals surface area contributed by atoms with Crippen LogP contribution in [0.1, 0.15) is 48.3 Å². The monoisotopic (exact) mass is 451 g/mol. The molecule has 9 heteroatoms. The summed E-state index contributed by atoms with van der Waals surface area (Å²) in [5.41, 5.74) is 3.03. The first-order chi connectivity index (χ1) is 14.3. The summed E-state index contributed by atoms with van der Waals surface area (Å²) in [6.45, 7) is 6.63. The standard InChI is InChI=1S/C21H29N3O4S2/c1-15-8-9-18(12-20(15)30(26,27)24-10-6-4-5-7-11-24)22-21(25)14-29-13-19-16(2)23-28-17(19)3/h8-9,12H,4-7,10-11,13-14H2,1-3H3,(H,22,25). The molecule has 1 saturated heterocycles. The van der Waals surface area contributed by atoms with Gasteiger partial charge < -0.3 is 9.84 Å². The van der Waals surface area contributed by atoms with E-state index in [9.17, 15) is 13.2 Å². The Bertz CT molecular complexity index is 974. The van der Waals surface area contributed by atoms with E-state index in [1.165, 1.54) is 11.8 Å². The van der Waals surface area contributed by atoms with Gasteiger partial charge in [0.05, 0.1) is 16.3 Å². The van der Waals surface area contributed by atoms with Crippen LogP contribution >= 0.6 is 11.8 Å². The number of anilines is 1. The van der Waals surface area contributed by atoms with Gasteiger partial charge in [-0.05, 0) is 51.3 Å². The zero-order valence-electron chi connectivity index (χ0n) is 17.7. The molecule has 164 valence electrons. The van der Waals surface area contributed by atoms with Crippen LogP contribution in [0.15, 0.2) is 27.6 Å². The number of sulfonamides is 1. The Kier molecular flexibility index (Phi) is 7.60. The molecule has 2 heterocycles. The Morgan fingerprint density at radius 3 is 2.50 bits per heavy atom. The fraction of sp³-hybridized carbons (Fsp3) is 0.524. The number of carbonyl (C=O) groups is 1. The van der Waals surface area contributed by atoms with Gasteiger partial charge in [-0.2, -0.15) is 4.31 Å². The van der Waals surface area contributed by atoms with E-state index in [0.29, 0.717) is 30.1 Å². The van der Waals surface area contributed by atoms with Gasteiger partial charge in [-0.25, -0.2) is 8.42 Å². The van der Waals surface area contributed by atoms with Gasteiger partial charge in [0.15, 0.2) is 0 Å². The van der Waals surface area contributed by atoms with Crippen LogP contribution in [0.3, 0.4) is 0 Å². The Labute approximate surface area is 182 Å². The van der Waals surface area contributed by atoms with Crippen molar-refractivity contribution in [2.75, 3.05) is 24.2 Å². The van der Waals surface area contributed by atoms with Gasteiger partial charge in [-0.3, -0.25) is 4.79 Å². The molecule has 0 aliphatic carbocycles. The summed E-state index contributed by atoms with van der Waals surface area (Å²) in [4.78, 5) is 12.6. The highest BCUT2D eigenvalue weighted by Gasteiger charge is 2.27. The number of amides is 1. The first-order valence-electron chi connectivity index (χ1n) is 10.2. The highest BCUT2D eigenvalue weighted by molar-refractivity contribution is 7.99. The highest BCUT2D eigenvalue weighted by Crippen LogP contribution is 2.26. The zero-order valence-corrected chi connectivity index (χ0v) is 19.4. The van der Waals surface area contributed by atoms with Crippen molar-refractivity contribution >= 4 is 33.4 Å². The molecule has 0 radical (unpaired) electrons. The molecule has 3 rings (SSSR count). The summed E-state index contributed by atoms with van der Waals surface area (Å²) in [6, 6.07) is 5.07. The molecule has 1 aliphatic heterocycles. The maximum absolute atomic E-state index is 13.2. The number of thioether (sulfide) groups is 1. The fourth-order valence-corrected chi connectivity index (χ4v) is 6.27. The van der Waals surface area contributed by atoms with E-state index in [-0.39, 0.29) is 16.6 Å². The number of aryl methyl sites for hydroxylation is 3. The number of carbonyl (C=O) groups excluding carboxylic acids is 1.